The molecule has 0 bridgehead atoms. The van der Waals surface area contributed by atoms with E-state index < -0.39 is 0 Å². The third-order valence-electron chi connectivity index (χ3n) is 3.22. The van der Waals surface area contributed by atoms with Gasteiger partial charge in [0.25, 0.3) is 5.91 Å². The number of amides is 1. The van der Waals surface area contributed by atoms with Gasteiger partial charge in [0.15, 0.2) is 0 Å². The molecular weight excluding hydrogens is 250 g/mol. The van der Waals surface area contributed by atoms with Crippen molar-refractivity contribution in [1.82, 2.24) is 10.3 Å². The minimum Gasteiger partial charge on any atom is -0.373 e. The van der Waals surface area contributed by atoms with Crippen molar-refractivity contribution in [3.05, 3.63) is 23.4 Å². The first-order valence-corrected chi connectivity index (χ1v) is 7.68. The lowest BCUT2D eigenvalue weighted by molar-refractivity contribution is 0.0952. The highest BCUT2D eigenvalue weighted by molar-refractivity contribution is 5.95. The lowest BCUT2D eigenvalue weighted by Gasteiger charge is -2.09. The van der Waals surface area contributed by atoms with Crippen molar-refractivity contribution < 1.29 is 4.79 Å². The molecule has 20 heavy (non-hydrogen) atoms. The van der Waals surface area contributed by atoms with Crippen molar-refractivity contribution in [3.8, 4) is 0 Å². The number of carbonyl (C=O) groups is 1. The predicted molar refractivity (Wildman–Crippen MR) is 84.3 cm³/mol. The highest BCUT2D eigenvalue weighted by Crippen LogP contribution is 2.12. The van der Waals surface area contributed by atoms with Gasteiger partial charge < -0.3 is 10.6 Å². The Kier molecular flexibility index (Phi) is 7.70. The molecule has 0 spiro atoms. The fraction of sp³-hybridized carbons (Fsp3) is 0.625. The molecule has 1 amide bonds. The lowest BCUT2D eigenvalue weighted by Crippen LogP contribution is -2.24. The molecule has 1 rings (SSSR count). The van der Waals surface area contributed by atoms with Gasteiger partial charge in [-0.25, -0.2) is 4.98 Å². The third kappa shape index (κ3) is 5.59. The first-order valence-electron chi connectivity index (χ1n) is 7.68. The Morgan fingerprint density at radius 1 is 1.15 bits per heavy atom. The molecule has 0 radical (unpaired) electrons. The lowest BCUT2D eigenvalue weighted by atomic mass is 10.1. The van der Waals surface area contributed by atoms with E-state index in [2.05, 4.69) is 29.5 Å². The average Bonchev–Trinajstić information content (AvgIpc) is 2.46. The zero-order valence-electron chi connectivity index (χ0n) is 13.0. The number of aromatic nitrogens is 1. The van der Waals surface area contributed by atoms with Gasteiger partial charge >= 0.3 is 0 Å². The average molecular weight is 277 g/mol. The molecule has 0 aliphatic heterocycles. The van der Waals surface area contributed by atoms with Crippen LogP contribution in [0.15, 0.2) is 12.1 Å². The normalized spacial score (nSPS) is 10.3. The number of nitrogens with one attached hydrogen (secondary N) is 2. The van der Waals surface area contributed by atoms with Gasteiger partial charge in [-0.2, -0.15) is 0 Å². The smallest absolute Gasteiger partial charge is 0.251 e. The summed E-state index contributed by atoms with van der Waals surface area (Å²) in [5, 5.41) is 6.00. The summed E-state index contributed by atoms with van der Waals surface area (Å²) in [4.78, 5) is 16.6. The molecule has 1 heterocycles. The van der Waals surface area contributed by atoms with Crippen molar-refractivity contribution >= 4 is 11.7 Å². The Hall–Kier alpha value is -1.58. The van der Waals surface area contributed by atoms with Gasteiger partial charge in [-0.1, -0.05) is 39.5 Å². The molecule has 2 N–H and O–H groups in total. The fourth-order valence-corrected chi connectivity index (χ4v) is 2.09. The van der Waals surface area contributed by atoms with E-state index in [9.17, 15) is 4.79 Å². The zero-order chi connectivity index (χ0) is 14.8. The molecule has 0 aliphatic rings. The SMILES string of the molecule is CCCCCCNC(=O)c1cc(CCC)nc(NC)c1. The predicted octanol–water partition coefficient (Wildman–Crippen LogP) is 3.39. The second-order valence-electron chi connectivity index (χ2n) is 5.05. The Bertz CT molecular complexity index is 418. The number of hydrogen-bond donors (Lipinski definition) is 2. The van der Waals surface area contributed by atoms with Crippen molar-refractivity contribution in [2.24, 2.45) is 0 Å². The number of aryl methyl sites for hydroxylation is 1. The number of unbranched alkanes of at least 4 members (excludes halogenated alkanes) is 3. The van der Waals surface area contributed by atoms with Crippen LogP contribution in [0.4, 0.5) is 5.82 Å². The molecular formula is C16H27N3O. The van der Waals surface area contributed by atoms with Crippen molar-refractivity contribution in [2.45, 2.75) is 52.4 Å². The molecule has 0 atom stereocenters. The summed E-state index contributed by atoms with van der Waals surface area (Å²) in [6.07, 6.45) is 6.59. The number of rotatable bonds is 9. The standard InChI is InChI=1S/C16H27N3O/c1-4-6-7-8-10-18-16(20)13-11-14(9-5-2)19-15(12-13)17-3/h11-12H,4-10H2,1-3H3,(H,17,19)(H,18,20). The topological polar surface area (TPSA) is 54.0 Å². The summed E-state index contributed by atoms with van der Waals surface area (Å²) in [5.41, 5.74) is 1.67. The molecule has 1 aromatic rings. The maximum absolute atomic E-state index is 12.1. The second-order valence-corrected chi connectivity index (χ2v) is 5.05. The second kappa shape index (κ2) is 9.34. The van der Waals surface area contributed by atoms with Crippen molar-refractivity contribution in [2.75, 3.05) is 18.9 Å². The van der Waals surface area contributed by atoms with Crippen molar-refractivity contribution in [3.63, 3.8) is 0 Å². The van der Waals surface area contributed by atoms with Gasteiger partial charge in [-0.15, -0.1) is 0 Å². The fourth-order valence-electron chi connectivity index (χ4n) is 2.09. The molecule has 4 heteroatoms. The number of carbonyl (C=O) groups excluding carboxylic acids is 1. The van der Waals surface area contributed by atoms with E-state index in [1.807, 2.05) is 13.1 Å². The summed E-state index contributed by atoms with van der Waals surface area (Å²) in [6.45, 7) is 5.05. The van der Waals surface area contributed by atoms with Crippen LogP contribution in [0.25, 0.3) is 0 Å². The van der Waals surface area contributed by atoms with Crippen LogP contribution in [0.2, 0.25) is 0 Å². The minimum absolute atomic E-state index is 0.00208. The summed E-state index contributed by atoms with van der Waals surface area (Å²) in [7, 11) is 1.82. The van der Waals surface area contributed by atoms with Crippen LogP contribution >= 0.6 is 0 Å². The third-order valence-corrected chi connectivity index (χ3v) is 3.22. The van der Waals surface area contributed by atoms with Crippen LogP contribution in [0, 0.1) is 0 Å². The Labute approximate surface area is 122 Å². The Balaban J connectivity index is 2.59. The highest BCUT2D eigenvalue weighted by Gasteiger charge is 2.08. The molecule has 0 fully saturated rings. The van der Waals surface area contributed by atoms with Gasteiger partial charge in [0.1, 0.15) is 5.82 Å². The van der Waals surface area contributed by atoms with Crippen LogP contribution in [-0.2, 0) is 6.42 Å². The maximum Gasteiger partial charge on any atom is 0.251 e. The first-order chi connectivity index (χ1) is 9.71. The van der Waals surface area contributed by atoms with E-state index in [1.165, 1.54) is 19.3 Å². The summed E-state index contributed by atoms with van der Waals surface area (Å²) in [6, 6.07) is 3.70. The van der Waals surface area contributed by atoms with Gasteiger partial charge in [0.05, 0.1) is 0 Å². The molecule has 0 aliphatic carbocycles. The monoisotopic (exact) mass is 277 g/mol. The molecule has 4 nitrogen and oxygen atoms in total. The van der Waals surface area contributed by atoms with Crippen LogP contribution in [0.5, 0.6) is 0 Å². The van der Waals surface area contributed by atoms with Crippen LogP contribution < -0.4 is 10.6 Å². The van der Waals surface area contributed by atoms with Crippen molar-refractivity contribution in [1.29, 1.82) is 0 Å². The molecule has 112 valence electrons. The molecule has 1 aromatic heterocycles. The minimum atomic E-state index is -0.00208. The van der Waals surface area contributed by atoms with E-state index in [1.54, 1.807) is 6.07 Å². The Morgan fingerprint density at radius 2 is 1.95 bits per heavy atom. The first kappa shape index (κ1) is 16.5. The van der Waals surface area contributed by atoms with Gasteiger partial charge in [-0.05, 0) is 25.0 Å². The molecule has 0 saturated heterocycles. The van der Waals surface area contributed by atoms with Crippen LogP contribution in [-0.4, -0.2) is 24.5 Å². The largest absolute Gasteiger partial charge is 0.373 e. The summed E-state index contributed by atoms with van der Waals surface area (Å²) in [5.74, 6) is 0.754. The maximum atomic E-state index is 12.1. The van der Waals surface area contributed by atoms with E-state index in [0.717, 1.165) is 37.3 Å². The quantitative estimate of drug-likeness (QED) is 0.680. The van der Waals surface area contributed by atoms with Crippen LogP contribution in [0.1, 0.15) is 62.0 Å². The molecule has 0 unspecified atom stereocenters. The van der Waals surface area contributed by atoms with E-state index in [0.29, 0.717) is 5.56 Å². The number of anilines is 1. The zero-order valence-corrected chi connectivity index (χ0v) is 13.0. The Morgan fingerprint density at radius 3 is 2.60 bits per heavy atom. The molecule has 0 saturated carbocycles. The van der Waals surface area contributed by atoms with E-state index in [4.69, 9.17) is 0 Å². The highest BCUT2D eigenvalue weighted by atomic mass is 16.1. The summed E-state index contributed by atoms with van der Waals surface area (Å²) < 4.78 is 0. The van der Waals surface area contributed by atoms with Gasteiger partial charge in [0.2, 0.25) is 0 Å². The number of pyridine rings is 1. The molecule has 0 aromatic carbocycles. The number of nitrogens with zero attached hydrogens (tertiary/aromatic N) is 1. The van der Waals surface area contributed by atoms with Gasteiger partial charge in [-0.3, -0.25) is 4.79 Å². The van der Waals surface area contributed by atoms with E-state index in [-0.39, 0.29) is 5.91 Å². The number of hydrogen-bond acceptors (Lipinski definition) is 3. The summed E-state index contributed by atoms with van der Waals surface area (Å²) >= 11 is 0. The van der Waals surface area contributed by atoms with E-state index >= 15 is 0 Å². The van der Waals surface area contributed by atoms with Crippen LogP contribution in [0.3, 0.4) is 0 Å². The van der Waals surface area contributed by atoms with Gasteiger partial charge in [0, 0.05) is 24.8 Å².